The van der Waals surface area contributed by atoms with E-state index in [1.807, 2.05) is 25.1 Å². The van der Waals surface area contributed by atoms with Crippen LogP contribution in [0.3, 0.4) is 0 Å². The van der Waals surface area contributed by atoms with Gasteiger partial charge in [-0.3, -0.25) is 4.79 Å². The Balaban J connectivity index is 2.19. The number of ether oxygens (including phenoxy) is 1. The molecule has 0 saturated heterocycles. The summed E-state index contributed by atoms with van der Waals surface area (Å²) in [5, 5.41) is 0. The Hall–Kier alpha value is -1.68. The zero-order valence-corrected chi connectivity index (χ0v) is 17.1. The number of fused-ring (bicyclic) bond motifs is 1. The normalized spacial score (nSPS) is 12.7. The van der Waals surface area contributed by atoms with Crippen LogP contribution in [0.5, 0.6) is 0 Å². The number of nitrogens with zero attached hydrogens (tertiary/aromatic N) is 2. The van der Waals surface area contributed by atoms with Gasteiger partial charge >= 0.3 is 5.97 Å². The lowest BCUT2D eigenvalue weighted by molar-refractivity contribution is -0.143. The molecular formula is C16H15ClN2O4S3. The highest BCUT2D eigenvalue weighted by atomic mass is 35.5. The SMILES string of the molecule is CCOC(=O)Cn1/c(=N/S(=O)(=O)c2ccc(Cl)s2)sc2cc(C)ccc21. The average molecular weight is 431 g/mol. The number of sulfonamides is 1. The van der Waals surface area contributed by atoms with Gasteiger partial charge in [0.1, 0.15) is 10.8 Å². The van der Waals surface area contributed by atoms with Crippen LogP contribution in [0.4, 0.5) is 0 Å². The molecule has 0 aliphatic heterocycles. The lowest BCUT2D eigenvalue weighted by atomic mass is 10.2. The summed E-state index contributed by atoms with van der Waals surface area (Å²) in [4.78, 5) is 12.2. The van der Waals surface area contributed by atoms with Gasteiger partial charge in [-0.15, -0.1) is 15.7 Å². The molecule has 2 heterocycles. The predicted molar refractivity (Wildman–Crippen MR) is 103 cm³/mol. The topological polar surface area (TPSA) is 77.7 Å². The maximum Gasteiger partial charge on any atom is 0.326 e. The summed E-state index contributed by atoms with van der Waals surface area (Å²) in [6, 6.07) is 8.59. The highest BCUT2D eigenvalue weighted by Gasteiger charge is 2.18. The Bertz CT molecular complexity index is 1140. The number of hydrogen-bond donors (Lipinski definition) is 0. The number of thiazole rings is 1. The van der Waals surface area contributed by atoms with Crippen LogP contribution in [0.2, 0.25) is 4.34 Å². The number of esters is 1. The molecule has 0 bridgehead atoms. The summed E-state index contributed by atoms with van der Waals surface area (Å²) in [7, 11) is -3.92. The van der Waals surface area contributed by atoms with Gasteiger partial charge in [0.25, 0.3) is 10.0 Å². The van der Waals surface area contributed by atoms with E-state index in [9.17, 15) is 13.2 Å². The molecule has 0 spiro atoms. The van der Waals surface area contributed by atoms with E-state index in [1.165, 1.54) is 23.5 Å². The number of halogens is 1. The number of rotatable bonds is 5. The standard InChI is InChI=1S/C16H15ClN2O4S3/c1-3-23-14(20)9-19-11-5-4-10(2)8-12(11)24-16(19)18-26(21,22)15-7-6-13(17)25-15/h4-8H,3,9H2,1-2H3/b18-16-. The zero-order valence-electron chi connectivity index (χ0n) is 13.9. The molecule has 10 heteroatoms. The zero-order chi connectivity index (χ0) is 18.9. The van der Waals surface area contributed by atoms with E-state index >= 15 is 0 Å². The molecule has 0 fully saturated rings. The molecule has 0 saturated carbocycles. The van der Waals surface area contributed by atoms with Crippen molar-refractivity contribution in [2.24, 2.45) is 4.40 Å². The molecule has 1 aromatic carbocycles. The molecule has 138 valence electrons. The highest BCUT2D eigenvalue weighted by Crippen LogP contribution is 2.27. The van der Waals surface area contributed by atoms with E-state index in [2.05, 4.69) is 4.40 Å². The highest BCUT2D eigenvalue weighted by molar-refractivity contribution is 7.92. The minimum Gasteiger partial charge on any atom is -0.465 e. The monoisotopic (exact) mass is 430 g/mol. The van der Waals surface area contributed by atoms with Crippen LogP contribution >= 0.6 is 34.3 Å². The van der Waals surface area contributed by atoms with E-state index in [0.29, 0.717) is 4.34 Å². The number of thiophene rings is 1. The van der Waals surface area contributed by atoms with Crippen molar-refractivity contribution in [3.05, 3.63) is 45.0 Å². The summed E-state index contributed by atoms with van der Waals surface area (Å²) in [5.74, 6) is -0.453. The number of carbonyl (C=O) groups is 1. The summed E-state index contributed by atoms with van der Waals surface area (Å²) < 4.78 is 36.9. The number of aryl methyl sites for hydroxylation is 1. The second-order valence-corrected chi connectivity index (χ2v) is 9.93. The smallest absolute Gasteiger partial charge is 0.326 e. The molecule has 0 amide bonds. The predicted octanol–water partition coefficient (Wildman–Crippen LogP) is 3.58. The van der Waals surface area contributed by atoms with E-state index in [0.717, 1.165) is 27.1 Å². The van der Waals surface area contributed by atoms with Gasteiger partial charge in [-0.1, -0.05) is 29.0 Å². The molecule has 2 aromatic heterocycles. The molecule has 0 unspecified atom stereocenters. The average Bonchev–Trinajstić information content (AvgIpc) is 3.12. The lowest BCUT2D eigenvalue weighted by Gasteiger charge is -2.05. The van der Waals surface area contributed by atoms with E-state index in [-0.39, 0.29) is 22.2 Å². The fourth-order valence-corrected chi connectivity index (χ4v) is 6.11. The quantitative estimate of drug-likeness (QED) is 0.579. The van der Waals surface area contributed by atoms with Gasteiger partial charge in [0.15, 0.2) is 0 Å². The van der Waals surface area contributed by atoms with Crippen molar-refractivity contribution in [3.8, 4) is 0 Å². The van der Waals surface area contributed by atoms with Crippen LogP contribution in [0.25, 0.3) is 10.2 Å². The first-order valence-corrected chi connectivity index (χ1v) is 11.1. The molecule has 0 atom stereocenters. The Morgan fingerprint density at radius 2 is 2.04 bits per heavy atom. The molecular weight excluding hydrogens is 416 g/mol. The summed E-state index contributed by atoms with van der Waals surface area (Å²) >= 11 is 7.98. The van der Waals surface area contributed by atoms with Crippen LogP contribution in [0.1, 0.15) is 12.5 Å². The number of carbonyl (C=O) groups excluding carboxylic acids is 1. The third-order valence-electron chi connectivity index (χ3n) is 3.43. The summed E-state index contributed by atoms with van der Waals surface area (Å²) in [5.41, 5.74) is 1.76. The van der Waals surface area contributed by atoms with Gasteiger partial charge in [-0.05, 0) is 43.7 Å². The minimum atomic E-state index is -3.92. The first-order valence-electron chi connectivity index (χ1n) is 7.62. The fraction of sp³-hybridized carbons (Fsp3) is 0.250. The van der Waals surface area contributed by atoms with Gasteiger partial charge in [0.2, 0.25) is 4.80 Å². The number of benzene rings is 1. The molecule has 0 aliphatic rings. The molecule has 6 nitrogen and oxygen atoms in total. The Labute approximate surface area is 163 Å². The minimum absolute atomic E-state index is 0.0545. The van der Waals surface area contributed by atoms with Crippen molar-refractivity contribution >= 4 is 60.5 Å². The summed E-state index contributed by atoms with van der Waals surface area (Å²) in [6.07, 6.45) is 0. The van der Waals surface area contributed by atoms with Crippen LogP contribution in [-0.2, 0) is 26.1 Å². The van der Waals surface area contributed by atoms with Crippen molar-refractivity contribution in [3.63, 3.8) is 0 Å². The van der Waals surface area contributed by atoms with E-state index in [1.54, 1.807) is 11.5 Å². The summed E-state index contributed by atoms with van der Waals surface area (Å²) in [6.45, 7) is 3.79. The maximum atomic E-state index is 12.6. The molecule has 26 heavy (non-hydrogen) atoms. The first kappa shape index (κ1) is 19.1. The number of aromatic nitrogens is 1. The van der Waals surface area contributed by atoms with Gasteiger partial charge in [0, 0.05) is 0 Å². The van der Waals surface area contributed by atoms with E-state index in [4.69, 9.17) is 16.3 Å². The largest absolute Gasteiger partial charge is 0.465 e. The van der Waals surface area contributed by atoms with Gasteiger partial charge < -0.3 is 9.30 Å². The second kappa shape index (κ2) is 7.51. The molecule has 0 radical (unpaired) electrons. The second-order valence-electron chi connectivity index (χ2n) is 5.37. The van der Waals surface area contributed by atoms with Crippen molar-refractivity contribution in [2.75, 3.05) is 6.61 Å². The lowest BCUT2D eigenvalue weighted by Crippen LogP contribution is -2.23. The molecule has 3 aromatic rings. The van der Waals surface area contributed by atoms with Crippen LogP contribution in [0.15, 0.2) is 38.9 Å². The third kappa shape index (κ3) is 4.01. The van der Waals surface area contributed by atoms with Crippen LogP contribution < -0.4 is 4.80 Å². The van der Waals surface area contributed by atoms with Crippen LogP contribution in [0, 0.1) is 6.92 Å². The van der Waals surface area contributed by atoms with Crippen molar-refractivity contribution < 1.29 is 17.9 Å². The molecule has 0 N–H and O–H groups in total. The maximum absolute atomic E-state index is 12.6. The number of hydrogen-bond acceptors (Lipinski definition) is 6. The Kier molecular flexibility index (Phi) is 5.52. The Morgan fingerprint density at radius 3 is 2.69 bits per heavy atom. The molecule has 3 rings (SSSR count). The van der Waals surface area contributed by atoms with Crippen molar-refractivity contribution in [2.45, 2.75) is 24.6 Å². The third-order valence-corrected chi connectivity index (χ3v) is 7.55. The van der Waals surface area contributed by atoms with Gasteiger partial charge in [-0.2, -0.15) is 8.42 Å². The first-order chi connectivity index (χ1) is 12.3. The Morgan fingerprint density at radius 1 is 1.27 bits per heavy atom. The van der Waals surface area contributed by atoms with Crippen molar-refractivity contribution in [1.29, 1.82) is 0 Å². The fourth-order valence-electron chi connectivity index (χ4n) is 2.32. The van der Waals surface area contributed by atoms with Crippen LogP contribution in [-0.4, -0.2) is 25.6 Å². The van der Waals surface area contributed by atoms with E-state index < -0.39 is 16.0 Å². The van der Waals surface area contributed by atoms with Crippen molar-refractivity contribution in [1.82, 2.24) is 4.57 Å². The molecule has 0 aliphatic carbocycles. The van der Waals surface area contributed by atoms with Gasteiger partial charge in [0.05, 0.1) is 21.2 Å². The van der Waals surface area contributed by atoms with Gasteiger partial charge in [-0.25, -0.2) is 0 Å².